The Labute approximate surface area is 85.1 Å². The van der Waals surface area contributed by atoms with Crippen LogP contribution in [-0.4, -0.2) is 20.5 Å². The number of pyridine rings is 1. The van der Waals surface area contributed by atoms with Gasteiger partial charge in [-0.2, -0.15) is 0 Å². The van der Waals surface area contributed by atoms with Gasteiger partial charge < -0.3 is 16.6 Å². The van der Waals surface area contributed by atoms with Gasteiger partial charge in [-0.25, -0.2) is 9.78 Å². The molecule has 0 aliphatic rings. The van der Waals surface area contributed by atoms with Gasteiger partial charge in [0, 0.05) is 0 Å². The molecule has 0 bridgehead atoms. The highest BCUT2D eigenvalue weighted by molar-refractivity contribution is 5.94. The predicted octanol–water partition coefficient (Wildman–Crippen LogP) is 0.0734. The largest absolute Gasteiger partial charge is 0.476 e. The van der Waals surface area contributed by atoms with E-state index in [4.69, 9.17) is 16.6 Å². The number of imidazole rings is 1. The summed E-state index contributed by atoms with van der Waals surface area (Å²) in [7, 11) is 0. The molecule has 0 amide bonds. The van der Waals surface area contributed by atoms with Gasteiger partial charge in [-0.15, -0.1) is 0 Å². The molecular weight excluding hydrogens is 196 g/mol. The van der Waals surface area contributed by atoms with Gasteiger partial charge in [-0.1, -0.05) is 6.07 Å². The van der Waals surface area contributed by atoms with Crippen molar-refractivity contribution in [3.05, 3.63) is 29.7 Å². The minimum absolute atomic E-state index is 0.0252. The molecule has 0 aliphatic carbocycles. The summed E-state index contributed by atoms with van der Waals surface area (Å²) < 4.78 is 1.55. The number of nitrogens with two attached hydrogens (primary N) is 2. The minimum Gasteiger partial charge on any atom is -0.476 e. The first-order valence-electron chi connectivity index (χ1n) is 4.34. The maximum absolute atomic E-state index is 10.9. The fourth-order valence-corrected chi connectivity index (χ4v) is 1.53. The molecule has 0 fully saturated rings. The van der Waals surface area contributed by atoms with Crippen LogP contribution < -0.4 is 11.5 Å². The Bertz CT molecular complexity index is 532. The average Bonchev–Trinajstić information content (AvgIpc) is 2.58. The molecule has 2 rings (SSSR count). The third-order valence-electron chi connectivity index (χ3n) is 2.15. The molecule has 15 heavy (non-hydrogen) atoms. The molecule has 0 radical (unpaired) electrons. The van der Waals surface area contributed by atoms with Crippen LogP contribution in [0.5, 0.6) is 0 Å². The standard InChI is InChI=1S/C9H10N4O2/c10-4-7-12-8(9(14)15)5-2-1-3-6(11)13(5)7/h1-3H,4,10-11H2,(H,14,15). The number of carboxylic acid groups (broad SMARTS) is 1. The Balaban J connectivity index is 2.87. The number of hydrogen-bond acceptors (Lipinski definition) is 4. The van der Waals surface area contributed by atoms with Gasteiger partial charge in [0.1, 0.15) is 11.6 Å². The lowest BCUT2D eigenvalue weighted by atomic mass is 10.3. The van der Waals surface area contributed by atoms with Crippen molar-refractivity contribution in [2.75, 3.05) is 5.73 Å². The van der Waals surface area contributed by atoms with Crippen LogP contribution in [0.15, 0.2) is 18.2 Å². The zero-order valence-corrected chi connectivity index (χ0v) is 7.84. The van der Waals surface area contributed by atoms with Crippen molar-refractivity contribution in [1.82, 2.24) is 9.38 Å². The summed E-state index contributed by atoms with van der Waals surface area (Å²) in [6.45, 7) is 0.142. The maximum Gasteiger partial charge on any atom is 0.356 e. The van der Waals surface area contributed by atoms with Gasteiger partial charge in [-0.3, -0.25) is 4.40 Å². The van der Waals surface area contributed by atoms with Crippen molar-refractivity contribution < 1.29 is 9.90 Å². The molecule has 6 nitrogen and oxygen atoms in total. The van der Waals surface area contributed by atoms with Crippen molar-refractivity contribution in [2.45, 2.75) is 6.54 Å². The Morgan fingerprint density at radius 2 is 2.27 bits per heavy atom. The molecule has 0 spiro atoms. The van der Waals surface area contributed by atoms with Gasteiger partial charge in [0.2, 0.25) is 0 Å². The Kier molecular flexibility index (Phi) is 2.05. The molecular formula is C9H10N4O2. The van der Waals surface area contributed by atoms with E-state index in [1.165, 1.54) is 0 Å². The van der Waals surface area contributed by atoms with Crippen LogP contribution in [0.2, 0.25) is 0 Å². The van der Waals surface area contributed by atoms with Crippen molar-refractivity contribution in [1.29, 1.82) is 0 Å². The van der Waals surface area contributed by atoms with E-state index in [1.54, 1.807) is 22.6 Å². The van der Waals surface area contributed by atoms with Gasteiger partial charge in [0.15, 0.2) is 5.69 Å². The quantitative estimate of drug-likeness (QED) is 0.644. The molecule has 0 aliphatic heterocycles. The highest BCUT2D eigenvalue weighted by atomic mass is 16.4. The first kappa shape index (κ1) is 9.47. The fraction of sp³-hybridized carbons (Fsp3) is 0.111. The zero-order chi connectivity index (χ0) is 11.0. The molecule has 2 aromatic rings. The van der Waals surface area contributed by atoms with E-state index in [1.807, 2.05) is 0 Å². The second-order valence-corrected chi connectivity index (χ2v) is 3.06. The average molecular weight is 206 g/mol. The smallest absolute Gasteiger partial charge is 0.356 e. The van der Waals surface area contributed by atoms with Crippen molar-refractivity contribution in [2.24, 2.45) is 5.73 Å². The fourth-order valence-electron chi connectivity index (χ4n) is 1.53. The number of nitrogens with zero attached hydrogens (tertiary/aromatic N) is 2. The van der Waals surface area contributed by atoms with Crippen molar-refractivity contribution >= 4 is 17.3 Å². The summed E-state index contributed by atoms with van der Waals surface area (Å²) in [5, 5.41) is 8.93. The molecule has 0 saturated carbocycles. The number of carbonyl (C=O) groups is 1. The van der Waals surface area contributed by atoms with Crippen LogP contribution in [0.1, 0.15) is 16.3 Å². The van der Waals surface area contributed by atoms with Crippen molar-refractivity contribution in [3.8, 4) is 0 Å². The summed E-state index contributed by atoms with van der Waals surface area (Å²) in [4.78, 5) is 14.8. The van der Waals surface area contributed by atoms with Gasteiger partial charge in [0.25, 0.3) is 0 Å². The maximum atomic E-state index is 10.9. The molecule has 0 saturated heterocycles. The van der Waals surface area contributed by atoms with Crippen LogP contribution in [-0.2, 0) is 6.54 Å². The van der Waals surface area contributed by atoms with E-state index >= 15 is 0 Å². The van der Waals surface area contributed by atoms with Crippen LogP contribution in [0.3, 0.4) is 0 Å². The number of carboxylic acids is 1. The second-order valence-electron chi connectivity index (χ2n) is 3.06. The van der Waals surface area contributed by atoms with Crippen LogP contribution in [0, 0.1) is 0 Å². The summed E-state index contributed by atoms with van der Waals surface area (Å²) in [6, 6.07) is 4.99. The van der Waals surface area contributed by atoms with E-state index in [2.05, 4.69) is 4.98 Å². The highest BCUT2D eigenvalue weighted by Gasteiger charge is 2.16. The van der Waals surface area contributed by atoms with E-state index in [0.717, 1.165) is 0 Å². The van der Waals surface area contributed by atoms with E-state index < -0.39 is 5.97 Å². The first-order valence-corrected chi connectivity index (χ1v) is 4.34. The van der Waals surface area contributed by atoms with Gasteiger partial charge in [0.05, 0.1) is 12.1 Å². The molecule has 0 aromatic carbocycles. The highest BCUT2D eigenvalue weighted by Crippen LogP contribution is 2.17. The third kappa shape index (κ3) is 1.31. The monoisotopic (exact) mass is 206 g/mol. The van der Waals surface area contributed by atoms with Crippen LogP contribution >= 0.6 is 0 Å². The van der Waals surface area contributed by atoms with Gasteiger partial charge in [-0.05, 0) is 12.1 Å². The minimum atomic E-state index is -1.09. The lowest BCUT2D eigenvalue weighted by Crippen LogP contribution is -2.05. The summed E-state index contributed by atoms with van der Waals surface area (Å²) in [5.41, 5.74) is 11.6. The topological polar surface area (TPSA) is 107 Å². The molecule has 0 atom stereocenters. The number of aromatic carboxylic acids is 1. The summed E-state index contributed by atoms with van der Waals surface area (Å²) in [5.74, 6) is -0.216. The second kappa shape index (κ2) is 3.25. The summed E-state index contributed by atoms with van der Waals surface area (Å²) in [6.07, 6.45) is 0. The Morgan fingerprint density at radius 1 is 1.53 bits per heavy atom. The van der Waals surface area contributed by atoms with Gasteiger partial charge >= 0.3 is 5.97 Å². The lowest BCUT2D eigenvalue weighted by Gasteiger charge is -2.01. The number of hydrogen-bond donors (Lipinski definition) is 3. The number of anilines is 1. The van der Waals surface area contributed by atoms with Crippen LogP contribution in [0.4, 0.5) is 5.82 Å². The Morgan fingerprint density at radius 3 is 2.87 bits per heavy atom. The molecule has 6 heteroatoms. The van der Waals surface area contributed by atoms with Crippen molar-refractivity contribution in [3.63, 3.8) is 0 Å². The number of fused-ring (bicyclic) bond motifs is 1. The van der Waals surface area contributed by atoms with E-state index in [-0.39, 0.29) is 12.2 Å². The van der Waals surface area contributed by atoms with E-state index in [9.17, 15) is 4.79 Å². The third-order valence-corrected chi connectivity index (χ3v) is 2.15. The van der Waals surface area contributed by atoms with E-state index in [0.29, 0.717) is 17.2 Å². The molecule has 5 N–H and O–H groups in total. The molecule has 0 unspecified atom stereocenters. The number of rotatable bonds is 2. The number of nitrogen functional groups attached to an aromatic ring is 1. The predicted molar refractivity (Wildman–Crippen MR) is 54.5 cm³/mol. The van der Waals surface area contributed by atoms with Crippen LogP contribution in [0.25, 0.3) is 5.52 Å². The lowest BCUT2D eigenvalue weighted by molar-refractivity contribution is 0.0693. The molecule has 2 heterocycles. The summed E-state index contributed by atoms with van der Waals surface area (Å²) >= 11 is 0. The number of aromatic nitrogens is 2. The normalized spacial score (nSPS) is 10.7. The molecule has 78 valence electrons. The zero-order valence-electron chi connectivity index (χ0n) is 7.84. The SMILES string of the molecule is NCc1nc(C(=O)O)c2cccc(N)n12. The molecule has 2 aromatic heterocycles. The Hall–Kier alpha value is -2.08. The first-order chi connectivity index (χ1) is 7.15.